The SMILES string of the molecule is Cc1nc(N)n(C)c1N(C)C. The molecule has 11 heavy (non-hydrogen) atoms. The summed E-state index contributed by atoms with van der Waals surface area (Å²) in [4.78, 5) is 6.13. The van der Waals surface area contributed by atoms with Crippen LogP contribution < -0.4 is 10.6 Å². The molecule has 0 amide bonds. The summed E-state index contributed by atoms with van der Waals surface area (Å²) in [7, 11) is 5.86. The lowest BCUT2D eigenvalue weighted by atomic mass is 10.4. The lowest BCUT2D eigenvalue weighted by Crippen LogP contribution is -2.14. The number of imidazole rings is 1. The highest BCUT2D eigenvalue weighted by molar-refractivity contribution is 5.48. The number of nitrogens with two attached hydrogens (primary N) is 1. The van der Waals surface area contributed by atoms with Crippen molar-refractivity contribution in [1.29, 1.82) is 0 Å². The van der Waals surface area contributed by atoms with Crippen molar-refractivity contribution in [1.82, 2.24) is 9.55 Å². The summed E-state index contributed by atoms with van der Waals surface area (Å²) in [6, 6.07) is 0. The van der Waals surface area contributed by atoms with E-state index in [1.54, 1.807) is 0 Å². The molecule has 62 valence electrons. The predicted octanol–water partition coefficient (Wildman–Crippen LogP) is 0.377. The molecule has 0 aliphatic carbocycles. The zero-order valence-electron chi connectivity index (χ0n) is 7.42. The molecule has 0 bridgehead atoms. The maximum Gasteiger partial charge on any atom is 0.201 e. The van der Waals surface area contributed by atoms with Gasteiger partial charge in [-0.1, -0.05) is 0 Å². The fraction of sp³-hybridized carbons (Fsp3) is 0.571. The number of rotatable bonds is 1. The molecular weight excluding hydrogens is 140 g/mol. The number of aryl methyl sites for hydroxylation is 1. The third kappa shape index (κ3) is 1.15. The summed E-state index contributed by atoms with van der Waals surface area (Å²) in [5.74, 6) is 1.62. The third-order valence-electron chi connectivity index (χ3n) is 1.69. The molecule has 0 aromatic carbocycles. The lowest BCUT2D eigenvalue weighted by molar-refractivity contribution is 0.888. The standard InChI is InChI=1S/C7H14N4/c1-5-6(10(2)3)11(4)7(8)9-5/h1-4H3,(H2,8,9). The van der Waals surface area contributed by atoms with Crippen molar-refractivity contribution >= 4 is 11.8 Å². The largest absolute Gasteiger partial charge is 0.369 e. The maximum atomic E-state index is 5.60. The van der Waals surface area contributed by atoms with Gasteiger partial charge >= 0.3 is 0 Å². The van der Waals surface area contributed by atoms with Crippen molar-refractivity contribution in [2.24, 2.45) is 7.05 Å². The van der Waals surface area contributed by atoms with Crippen molar-refractivity contribution in [3.63, 3.8) is 0 Å². The molecule has 0 aliphatic rings. The molecule has 1 aromatic heterocycles. The molecule has 0 saturated carbocycles. The minimum atomic E-state index is 0.561. The second-order valence-electron chi connectivity index (χ2n) is 2.83. The minimum Gasteiger partial charge on any atom is -0.369 e. The van der Waals surface area contributed by atoms with E-state index in [4.69, 9.17) is 5.73 Å². The number of nitrogen functional groups attached to an aromatic ring is 1. The van der Waals surface area contributed by atoms with E-state index in [0.29, 0.717) is 5.95 Å². The average molecular weight is 154 g/mol. The van der Waals surface area contributed by atoms with Crippen LogP contribution in [-0.4, -0.2) is 23.6 Å². The van der Waals surface area contributed by atoms with Crippen LogP contribution in [0.15, 0.2) is 0 Å². The van der Waals surface area contributed by atoms with Crippen LogP contribution in [0.25, 0.3) is 0 Å². The molecule has 4 heteroatoms. The van der Waals surface area contributed by atoms with Crippen molar-refractivity contribution in [3.8, 4) is 0 Å². The van der Waals surface area contributed by atoms with E-state index in [1.165, 1.54) is 0 Å². The molecule has 0 spiro atoms. The first-order chi connectivity index (χ1) is 5.04. The van der Waals surface area contributed by atoms with Crippen LogP contribution in [-0.2, 0) is 7.05 Å². The Labute approximate surface area is 66.6 Å². The Hall–Kier alpha value is -1.19. The van der Waals surface area contributed by atoms with Crippen LogP contribution in [0.4, 0.5) is 11.8 Å². The molecule has 4 nitrogen and oxygen atoms in total. The summed E-state index contributed by atoms with van der Waals surface area (Å²) in [5, 5.41) is 0. The minimum absolute atomic E-state index is 0.561. The van der Waals surface area contributed by atoms with E-state index in [9.17, 15) is 0 Å². The zero-order valence-corrected chi connectivity index (χ0v) is 7.42. The second-order valence-corrected chi connectivity index (χ2v) is 2.83. The van der Waals surface area contributed by atoms with Crippen LogP contribution in [0, 0.1) is 6.92 Å². The van der Waals surface area contributed by atoms with Crippen LogP contribution in [0.2, 0.25) is 0 Å². The van der Waals surface area contributed by atoms with Gasteiger partial charge in [0.05, 0.1) is 5.69 Å². The average Bonchev–Trinajstić information content (AvgIpc) is 2.07. The first-order valence-corrected chi connectivity index (χ1v) is 3.50. The predicted molar refractivity (Wildman–Crippen MR) is 46.7 cm³/mol. The number of hydrogen-bond donors (Lipinski definition) is 1. The van der Waals surface area contributed by atoms with Gasteiger partial charge in [-0.15, -0.1) is 0 Å². The molecule has 1 rings (SSSR count). The van der Waals surface area contributed by atoms with Gasteiger partial charge in [0.15, 0.2) is 0 Å². The quantitative estimate of drug-likeness (QED) is 0.636. The van der Waals surface area contributed by atoms with Crippen LogP contribution >= 0.6 is 0 Å². The summed E-state index contributed by atoms with van der Waals surface area (Å²) in [6.45, 7) is 1.95. The van der Waals surface area contributed by atoms with Crippen LogP contribution in [0.1, 0.15) is 5.69 Å². The lowest BCUT2D eigenvalue weighted by Gasteiger charge is -2.13. The molecule has 0 unspecified atom stereocenters. The van der Waals surface area contributed by atoms with Crippen molar-refractivity contribution in [2.45, 2.75) is 6.92 Å². The maximum absolute atomic E-state index is 5.60. The van der Waals surface area contributed by atoms with Gasteiger partial charge in [0.2, 0.25) is 5.95 Å². The van der Waals surface area contributed by atoms with Crippen molar-refractivity contribution < 1.29 is 0 Å². The van der Waals surface area contributed by atoms with Gasteiger partial charge in [-0.25, -0.2) is 4.98 Å². The van der Waals surface area contributed by atoms with E-state index < -0.39 is 0 Å². The topological polar surface area (TPSA) is 47.1 Å². The highest BCUT2D eigenvalue weighted by Gasteiger charge is 2.09. The molecular formula is C7H14N4. The van der Waals surface area contributed by atoms with Gasteiger partial charge in [-0.3, -0.25) is 0 Å². The molecule has 0 aliphatic heterocycles. The fourth-order valence-electron chi connectivity index (χ4n) is 1.27. The van der Waals surface area contributed by atoms with Gasteiger partial charge in [-0.05, 0) is 6.92 Å². The van der Waals surface area contributed by atoms with Crippen molar-refractivity contribution in [2.75, 3.05) is 24.7 Å². The molecule has 2 N–H and O–H groups in total. The summed E-state index contributed by atoms with van der Waals surface area (Å²) in [6.07, 6.45) is 0. The first kappa shape index (κ1) is 7.91. The number of hydrogen-bond acceptors (Lipinski definition) is 3. The molecule has 0 fully saturated rings. The Balaban J connectivity index is 3.22. The van der Waals surface area contributed by atoms with E-state index in [0.717, 1.165) is 11.5 Å². The fourth-order valence-corrected chi connectivity index (χ4v) is 1.27. The van der Waals surface area contributed by atoms with E-state index >= 15 is 0 Å². The number of aromatic nitrogens is 2. The van der Waals surface area contributed by atoms with Crippen LogP contribution in [0.5, 0.6) is 0 Å². The highest BCUT2D eigenvalue weighted by Crippen LogP contribution is 2.18. The van der Waals surface area contributed by atoms with Gasteiger partial charge < -0.3 is 15.2 Å². The molecule has 0 atom stereocenters. The van der Waals surface area contributed by atoms with E-state index in [2.05, 4.69) is 4.98 Å². The summed E-state index contributed by atoms with van der Waals surface area (Å²) < 4.78 is 1.87. The van der Waals surface area contributed by atoms with Gasteiger partial charge in [-0.2, -0.15) is 0 Å². The van der Waals surface area contributed by atoms with Gasteiger partial charge in [0.1, 0.15) is 5.82 Å². The molecule has 0 radical (unpaired) electrons. The zero-order chi connectivity index (χ0) is 8.59. The Morgan fingerprint density at radius 3 is 2.18 bits per heavy atom. The summed E-state index contributed by atoms with van der Waals surface area (Å²) >= 11 is 0. The van der Waals surface area contributed by atoms with Crippen LogP contribution in [0.3, 0.4) is 0 Å². The first-order valence-electron chi connectivity index (χ1n) is 3.50. The number of anilines is 2. The Bertz CT molecular complexity index is 262. The molecule has 1 heterocycles. The number of nitrogens with zero attached hydrogens (tertiary/aromatic N) is 3. The van der Waals surface area contributed by atoms with Gasteiger partial charge in [0, 0.05) is 21.1 Å². The Morgan fingerprint density at radius 2 is 2.00 bits per heavy atom. The van der Waals surface area contributed by atoms with E-state index in [-0.39, 0.29) is 0 Å². The van der Waals surface area contributed by atoms with Crippen molar-refractivity contribution in [3.05, 3.63) is 5.69 Å². The Kier molecular flexibility index (Phi) is 1.76. The third-order valence-corrected chi connectivity index (χ3v) is 1.69. The molecule has 1 aromatic rings. The molecule has 0 saturated heterocycles. The highest BCUT2D eigenvalue weighted by atomic mass is 15.3. The second kappa shape index (κ2) is 2.45. The Morgan fingerprint density at radius 1 is 1.45 bits per heavy atom. The summed E-state index contributed by atoms with van der Waals surface area (Å²) in [5.41, 5.74) is 6.57. The normalized spacial score (nSPS) is 10.2. The van der Waals surface area contributed by atoms with E-state index in [1.807, 2.05) is 37.5 Å². The smallest absolute Gasteiger partial charge is 0.201 e. The van der Waals surface area contributed by atoms with Gasteiger partial charge in [0.25, 0.3) is 0 Å². The monoisotopic (exact) mass is 154 g/mol.